The Balaban J connectivity index is 2.46. The average Bonchev–Trinajstić information content (AvgIpc) is 2.53. The average molecular weight is 334 g/mol. The zero-order valence-electron chi connectivity index (χ0n) is 14.4. The molecule has 7 heteroatoms. The first-order chi connectivity index (χ1) is 11.4. The number of rotatable bonds is 5. The second kappa shape index (κ2) is 7.25. The van der Waals surface area contributed by atoms with E-state index in [0.717, 1.165) is 0 Å². The van der Waals surface area contributed by atoms with Crippen molar-refractivity contribution in [2.24, 2.45) is 0 Å². The van der Waals surface area contributed by atoms with Crippen molar-refractivity contribution >= 4 is 12.0 Å². The highest BCUT2D eigenvalue weighted by Gasteiger charge is 2.32. The molecule has 0 aliphatic carbocycles. The Hall–Kier alpha value is -2.70. The molecule has 1 atom stereocenters. The van der Waals surface area contributed by atoms with E-state index in [1.54, 1.807) is 25.1 Å². The maximum Gasteiger partial charge on any atom is 0.337 e. The largest absolute Gasteiger partial charge is 0.493 e. The molecule has 7 nitrogen and oxygen atoms in total. The Bertz CT molecular complexity index is 682. The molecular weight excluding hydrogens is 312 g/mol. The van der Waals surface area contributed by atoms with Crippen molar-refractivity contribution in [2.45, 2.75) is 32.9 Å². The Morgan fingerprint density at radius 3 is 2.50 bits per heavy atom. The van der Waals surface area contributed by atoms with E-state index in [4.69, 9.17) is 14.2 Å². The monoisotopic (exact) mass is 334 g/mol. The fourth-order valence-corrected chi connectivity index (χ4v) is 2.54. The second-order valence-corrected chi connectivity index (χ2v) is 5.64. The van der Waals surface area contributed by atoms with Crippen molar-refractivity contribution in [3.05, 3.63) is 35.0 Å². The molecule has 130 valence electrons. The number of methoxy groups -OCH3 is 2. The molecule has 0 bridgehead atoms. The van der Waals surface area contributed by atoms with Crippen LogP contribution in [0.3, 0.4) is 0 Å². The van der Waals surface area contributed by atoms with E-state index in [1.807, 2.05) is 13.8 Å². The second-order valence-electron chi connectivity index (χ2n) is 5.64. The van der Waals surface area contributed by atoms with E-state index >= 15 is 0 Å². The number of hydrogen-bond donors (Lipinski definition) is 2. The molecule has 1 aromatic carbocycles. The van der Waals surface area contributed by atoms with Gasteiger partial charge in [-0.25, -0.2) is 9.59 Å². The van der Waals surface area contributed by atoms with Gasteiger partial charge in [-0.05, 0) is 38.5 Å². The highest BCUT2D eigenvalue weighted by Crippen LogP contribution is 2.34. The van der Waals surface area contributed by atoms with Crippen LogP contribution in [0, 0.1) is 0 Å². The van der Waals surface area contributed by atoms with Gasteiger partial charge in [-0.3, -0.25) is 0 Å². The summed E-state index contributed by atoms with van der Waals surface area (Å²) in [6.07, 6.45) is -0.00361. The lowest BCUT2D eigenvalue weighted by molar-refractivity contribution is -0.136. The number of urea groups is 1. The van der Waals surface area contributed by atoms with Gasteiger partial charge in [0.25, 0.3) is 0 Å². The van der Waals surface area contributed by atoms with Crippen LogP contribution in [0.4, 0.5) is 4.79 Å². The maximum atomic E-state index is 12.1. The van der Waals surface area contributed by atoms with E-state index in [2.05, 4.69) is 10.6 Å². The summed E-state index contributed by atoms with van der Waals surface area (Å²) in [5, 5.41) is 5.32. The highest BCUT2D eigenvalue weighted by molar-refractivity contribution is 5.94. The predicted molar refractivity (Wildman–Crippen MR) is 87.9 cm³/mol. The van der Waals surface area contributed by atoms with E-state index < -0.39 is 12.0 Å². The smallest absolute Gasteiger partial charge is 0.337 e. The van der Waals surface area contributed by atoms with Crippen LogP contribution in [-0.4, -0.2) is 32.3 Å². The molecule has 1 aliphatic rings. The lowest BCUT2D eigenvalue weighted by Gasteiger charge is -2.28. The number of hydrogen-bond acceptors (Lipinski definition) is 5. The molecule has 1 unspecified atom stereocenters. The number of amides is 2. The molecule has 2 rings (SSSR count). The van der Waals surface area contributed by atoms with Gasteiger partial charge >= 0.3 is 12.0 Å². The van der Waals surface area contributed by atoms with Gasteiger partial charge in [-0.2, -0.15) is 0 Å². The highest BCUT2D eigenvalue weighted by atomic mass is 16.5. The first-order valence-corrected chi connectivity index (χ1v) is 7.58. The van der Waals surface area contributed by atoms with E-state index in [1.165, 1.54) is 14.2 Å². The van der Waals surface area contributed by atoms with E-state index in [9.17, 15) is 9.59 Å². The molecule has 2 amide bonds. The number of benzene rings is 1. The van der Waals surface area contributed by atoms with Crippen LogP contribution in [0.2, 0.25) is 0 Å². The minimum absolute atomic E-state index is 0.00361. The third kappa shape index (κ3) is 3.61. The molecule has 0 aromatic heterocycles. The van der Waals surface area contributed by atoms with Crippen LogP contribution in [0.25, 0.3) is 0 Å². The molecule has 0 radical (unpaired) electrons. The number of ether oxygens (including phenoxy) is 3. The quantitative estimate of drug-likeness (QED) is 0.807. The summed E-state index contributed by atoms with van der Waals surface area (Å²) in [4.78, 5) is 23.9. The van der Waals surface area contributed by atoms with Crippen LogP contribution in [0.1, 0.15) is 32.4 Å². The van der Waals surface area contributed by atoms with Crippen molar-refractivity contribution < 1.29 is 23.8 Å². The van der Waals surface area contributed by atoms with Gasteiger partial charge in [0, 0.05) is 5.70 Å². The van der Waals surface area contributed by atoms with Crippen molar-refractivity contribution in [2.75, 3.05) is 14.2 Å². The molecular formula is C17H22N2O5. The third-order valence-electron chi connectivity index (χ3n) is 3.56. The zero-order chi connectivity index (χ0) is 17.9. The standard InChI is InChI=1S/C17H22N2O5/c1-9(2)24-12-7-6-11(8-13(12)22-4)15-14(16(20)23-5)10(3)18-17(21)19-15/h6-9,15H,1-5H3,(H2,18,19,21). The lowest BCUT2D eigenvalue weighted by atomic mass is 9.95. The Morgan fingerprint density at radius 2 is 1.92 bits per heavy atom. The number of esters is 1. The normalized spacial score (nSPS) is 17.2. The number of carbonyl (C=O) groups is 2. The Kier molecular flexibility index (Phi) is 5.33. The SMILES string of the molecule is COC(=O)C1=C(C)NC(=O)NC1c1ccc(OC(C)C)c(OC)c1. The van der Waals surface area contributed by atoms with Crippen LogP contribution in [0.5, 0.6) is 11.5 Å². The molecule has 24 heavy (non-hydrogen) atoms. The van der Waals surface area contributed by atoms with E-state index in [0.29, 0.717) is 28.3 Å². The fourth-order valence-electron chi connectivity index (χ4n) is 2.54. The number of carbonyl (C=O) groups excluding carboxylic acids is 2. The summed E-state index contributed by atoms with van der Waals surface area (Å²) >= 11 is 0. The van der Waals surface area contributed by atoms with Crippen molar-refractivity contribution in [1.82, 2.24) is 10.6 Å². The topological polar surface area (TPSA) is 85.9 Å². The molecule has 2 N–H and O–H groups in total. The third-order valence-corrected chi connectivity index (χ3v) is 3.56. The summed E-state index contributed by atoms with van der Waals surface area (Å²) < 4.78 is 15.9. The van der Waals surface area contributed by atoms with Crippen LogP contribution >= 0.6 is 0 Å². The van der Waals surface area contributed by atoms with Gasteiger partial charge in [0.05, 0.1) is 31.9 Å². The minimum atomic E-state index is -0.631. The number of allylic oxidation sites excluding steroid dienone is 1. The van der Waals surface area contributed by atoms with Gasteiger partial charge in [0.2, 0.25) is 0 Å². The summed E-state index contributed by atoms with van der Waals surface area (Å²) in [6.45, 7) is 5.50. The molecule has 1 heterocycles. The summed E-state index contributed by atoms with van der Waals surface area (Å²) in [5.74, 6) is 0.610. The maximum absolute atomic E-state index is 12.1. The first-order valence-electron chi connectivity index (χ1n) is 7.58. The molecule has 0 spiro atoms. The van der Waals surface area contributed by atoms with Crippen molar-refractivity contribution in [3.63, 3.8) is 0 Å². The predicted octanol–water partition coefficient (Wildman–Crippen LogP) is 2.28. The molecule has 0 saturated carbocycles. The summed E-state index contributed by atoms with van der Waals surface area (Å²) in [7, 11) is 2.84. The number of nitrogens with one attached hydrogen (secondary N) is 2. The van der Waals surface area contributed by atoms with Gasteiger partial charge in [0.15, 0.2) is 11.5 Å². The Morgan fingerprint density at radius 1 is 1.21 bits per heavy atom. The Labute approximate surface area is 141 Å². The van der Waals surface area contributed by atoms with Gasteiger partial charge < -0.3 is 24.8 Å². The summed E-state index contributed by atoms with van der Waals surface area (Å²) in [6, 6.07) is 4.27. The van der Waals surface area contributed by atoms with Crippen molar-refractivity contribution in [1.29, 1.82) is 0 Å². The van der Waals surface area contributed by atoms with Crippen LogP contribution < -0.4 is 20.1 Å². The van der Waals surface area contributed by atoms with Gasteiger partial charge in [-0.15, -0.1) is 0 Å². The van der Waals surface area contributed by atoms with Gasteiger partial charge in [-0.1, -0.05) is 6.07 Å². The molecule has 0 saturated heterocycles. The first kappa shape index (κ1) is 17.7. The fraction of sp³-hybridized carbons (Fsp3) is 0.412. The van der Waals surface area contributed by atoms with Crippen molar-refractivity contribution in [3.8, 4) is 11.5 Å². The molecule has 1 aromatic rings. The molecule has 0 fully saturated rings. The van der Waals surface area contributed by atoms with Gasteiger partial charge in [0.1, 0.15) is 0 Å². The summed E-state index contributed by atoms with van der Waals surface area (Å²) in [5.41, 5.74) is 1.49. The van der Waals surface area contributed by atoms with Crippen LogP contribution in [-0.2, 0) is 9.53 Å². The van der Waals surface area contributed by atoms with Crippen LogP contribution in [0.15, 0.2) is 29.5 Å². The molecule has 1 aliphatic heterocycles. The van der Waals surface area contributed by atoms with E-state index in [-0.39, 0.29) is 12.1 Å². The zero-order valence-corrected chi connectivity index (χ0v) is 14.4. The lowest BCUT2D eigenvalue weighted by Crippen LogP contribution is -2.45. The minimum Gasteiger partial charge on any atom is -0.493 e.